The fourth-order valence-corrected chi connectivity index (χ4v) is 9.42. The standard InChI is InChI=1S/C48H28OS/c1-2-11-31(12-3-1)44-35-14-6-8-16-37(35)45(38-17-9-7-15-36(38)44)32-20-18-29(19-21-32)33-23-27-43-41(28-33)39-25-26-42-46(48(39)50-43)40-24-22-30-10-4-5-13-34(30)47(40)49-42/h1-28H. The normalized spacial score (nSPS) is 12.0. The lowest BCUT2D eigenvalue weighted by atomic mass is 9.86. The molecule has 2 heterocycles. The molecule has 0 saturated carbocycles. The van der Waals surface area contributed by atoms with Crippen LogP contribution in [-0.4, -0.2) is 0 Å². The van der Waals surface area contributed by atoms with E-state index in [2.05, 4.69) is 170 Å². The largest absolute Gasteiger partial charge is 0.455 e. The second kappa shape index (κ2) is 10.6. The SMILES string of the molecule is c1ccc(-c2c3ccccc3c(-c3ccc(-c4ccc5sc6c(ccc7oc8c9ccccc9ccc8c76)c5c4)cc3)c3ccccc23)cc1. The van der Waals surface area contributed by atoms with Crippen molar-refractivity contribution in [2.45, 2.75) is 0 Å². The summed E-state index contributed by atoms with van der Waals surface area (Å²) in [6, 6.07) is 61.9. The lowest BCUT2D eigenvalue weighted by Crippen LogP contribution is -1.90. The van der Waals surface area contributed by atoms with E-state index in [4.69, 9.17) is 4.42 Å². The van der Waals surface area contributed by atoms with Gasteiger partial charge in [-0.15, -0.1) is 11.3 Å². The van der Waals surface area contributed by atoms with E-state index in [-0.39, 0.29) is 0 Å². The van der Waals surface area contributed by atoms with Gasteiger partial charge >= 0.3 is 0 Å². The van der Waals surface area contributed by atoms with Crippen LogP contribution in [0.15, 0.2) is 174 Å². The monoisotopic (exact) mass is 652 g/mol. The van der Waals surface area contributed by atoms with Crippen molar-refractivity contribution >= 4 is 85.8 Å². The first-order valence-electron chi connectivity index (χ1n) is 17.1. The number of hydrogen-bond donors (Lipinski definition) is 0. The van der Waals surface area contributed by atoms with E-state index in [1.807, 2.05) is 11.3 Å². The first kappa shape index (κ1) is 27.7. The van der Waals surface area contributed by atoms with Gasteiger partial charge in [0.25, 0.3) is 0 Å². The van der Waals surface area contributed by atoms with Gasteiger partial charge in [0.05, 0.1) is 0 Å². The van der Waals surface area contributed by atoms with Crippen molar-refractivity contribution in [3.05, 3.63) is 170 Å². The third-order valence-corrected chi connectivity index (χ3v) is 11.7. The molecule has 0 fully saturated rings. The first-order valence-corrected chi connectivity index (χ1v) is 17.9. The summed E-state index contributed by atoms with van der Waals surface area (Å²) in [6.45, 7) is 0. The van der Waals surface area contributed by atoms with E-state index >= 15 is 0 Å². The Morgan fingerprint density at radius 3 is 1.62 bits per heavy atom. The zero-order valence-electron chi connectivity index (χ0n) is 27.0. The van der Waals surface area contributed by atoms with Gasteiger partial charge in [-0.05, 0) is 90.6 Å². The third kappa shape index (κ3) is 4.00. The third-order valence-electron chi connectivity index (χ3n) is 10.5. The Labute approximate surface area is 292 Å². The average Bonchev–Trinajstić information content (AvgIpc) is 3.76. The van der Waals surface area contributed by atoms with Crippen LogP contribution in [0.2, 0.25) is 0 Å². The van der Waals surface area contributed by atoms with Crippen molar-refractivity contribution in [1.29, 1.82) is 0 Å². The Morgan fingerprint density at radius 2 is 0.920 bits per heavy atom. The van der Waals surface area contributed by atoms with Gasteiger partial charge in [-0.2, -0.15) is 0 Å². The molecule has 50 heavy (non-hydrogen) atoms. The predicted octanol–water partition coefficient (Wildman–Crippen LogP) is 14.4. The average molecular weight is 653 g/mol. The highest BCUT2D eigenvalue weighted by Gasteiger charge is 2.18. The van der Waals surface area contributed by atoms with Crippen molar-refractivity contribution in [3.63, 3.8) is 0 Å². The summed E-state index contributed by atoms with van der Waals surface area (Å²) >= 11 is 1.86. The van der Waals surface area contributed by atoms with E-state index in [1.54, 1.807) is 0 Å². The Hall–Kier alpha value is -6.22. The molecule has 1 nitrogen and oxygen atoms in total. The number of hydrogen-bond acceptors (Lipinski definition) is 2. The maximum absolute atomic E-state index is 6.50. The van der Waals surface area contributed by atoms with Crippen molar-refractivity contribution in [2.75, 3.05) is 0 Å². The maximum Gasteiger partial charge on any atom is 0.143 e. The predicted molar refractivity (Wildman–Crippen MR) is 215 cm³/mol. The Morgan fingerprint density at radius 1 is 0.360 bits per heavy atom. The van der Waals surface area contributed by atoms with Crippen LogP contribution in [0.1, 0.15) is 0 Å². The molecule has 2 aromatic heterocycles. The van der Waals surface area contributed by atoms with Crippen molar-refractivity contribution < 1.29 is 4.42 Å². The Balaban J connectivity index is 1.05. The van der Waals surface area contributed by atoms with E-state index in [0.717, 1.165) is 16.6 Å². The van der Waals surface area contributed by atoms with Crippen molar-refractivity contribution in [2.24, 2.45) is 0 Å². The Bertz CT molecular complexity index is 3070. The van der Waals surface area contributed by atoms with Crippen LogP contribution < -0.4 is 0 Å². The minimum absolute atomic E-state index is 0.947. The highest BCUT2D eigenvalue weighted by atomic mass is 32.1. The highest BCUT2D eigenvalue weighted by Crippen LogP contribution is 2.46. The fraction of sp³-hybridized carbons (Fsp3) is 0. The molecule has 0 aliphatic carbocycles. The molecule has 0 aliphatic heterocycles. The number of thiophene rings is 1. The molecule has 0 unspecified atom stereocenters. The van der Waals surface area contributed by atoms with Crippen LogP contribution in [-0.2, 0) is 0 Å². The van der Waals surface area contributed by atoms with Crippen molar-refractivity contribution in [1.82, 2.24) is 0 Å². The molecule has 0 radical (unpaired) electrons. The Kier molecular flexibility index (Phi) is 5.89. The summed E-state index contributed by atoms with van der Waals surface area (Å²) in [4.78, 5) is 0. The molecule has 0 amide bonds. The van der Waals surface area contributed by atoms with Gasteiger partial charge in [0.1, 0.15) is 11.2 Å². The fourth-order valence-electron chi connectivity index (χ4n) is 8.19. The summed E-state index contributed by atoms with van der Waals surface area (Å²) in [6.07, 6.45) is 0. The lowest BCUT2D eigenvalue weighted by molar-refractivity contribution is 0.673. The van der Waals surface area contributed by atoms with Gasteiger partial charge in [-0.1, -0.05) is 140 Å². The van der Waals surface area contributed by atoms with Crippen LogP contribution in [0, 0.1) is 0 Å². The summed E-state index contributed by atoms with van der Waals surface area (Å²) in [5.41, 5.74) is 9.40. The molecule has 9 aromatic carbocycles. The van der Waals surface area contributed by atoms with E-state index in [0.29, 0.717) is 0 Å². The molecule has 0 bridgehead atoms. The molecule has 0 atom stereocenters. The minimum atomic E-state index is 0.947. The van der Waals surface area contributed by atoms with Crippen LogP contribution in [0.4, 0.5) is 0 Å². The first-order chi connectivity index (χ1) is 24.8. The molecule has 11 aromatic rings. The highest BCUT2D eigenvalue weighted by molar-refractivity contribution is 7.26. The van der Waals surface area contributed by atoms with Crippen LogP contribution in [0.5, 0.6) is 0 Å². The maximum atomic E-state index is 6.50. The molecule has 11 rings (SSSR count). The molecule has 2 heteroatoms. The molecular formula is C48H28OS. The van der Waals surface area contributed by atoms with Gasteiger partial charge < -0.3 is 4.42 Å². The van der Waals surface area contributed by atoms with Crippen LogP contribution in [0.25, 0.3) is 108 Å². The molecule has 0 N–H and O–H groups in total. The summed E-state index contributed by atoms with van der Waals surface area (Å²) in [5, 5.41) is 12.4. The topological polar surface area (TPSA) is 13.1 Å². The minimum Gasteiger partial charge on any atom is -0.455 e. The van der Waals surface area contributed by atoms with E-state index < -0.39 is 0 Å². The lowest BCUT2D eigenvalue weighted by Gasteiger charge is -2.18. The van der Waals surface area contributed by atoms with E-state index in [9.17, 15) is 0 Å². The van der Waals surface area contributed by atoms with Crippen LogP contribution in [0.3, 0.4) is 0 Å². The molecule has 232 valence electrons. The van der Waals surface area contributed by atoms with Gasteiger partial charge in [0, 0.05) is 36.3 Å². The number of furan rings is 1. The number of benzene rings is 9. The van der Waals surface area contributed by atoms with Gasteiger partial charge in [0.15, 0.2) is 0 Å². The molecular weight excluding hydrogens is 625 g/mol. The molecule has 0 spiro atoms. The van der Waals surface area contributed by atoms with Gasteiger partial charge in [-0.25, -0.2) is 0 Å². The van der Waals surface area contributed by atoms with Crippen molar-refractivity contribution in [3.8, 4) is 33.4 Å². The van der Waals surface area contributed by atoms with Gasteiger partial charge in [0.2, 0.25) is 0 Å². The van der Waals surface area contributed by atoms with Crippen LogP contribution >= 0.6 is 11.3 Å². The summed E-state index contributed by atoms with van der Waals surface area (Å²) in [7, 11) is 0. The summed E-state index contributed by atoms with van der Waals surface area (Å²) < 4.78 is 9.08. The zero-order valence-corrected chi connectivity index (χ0v) is 27.8. The number of fused-ring (bicyclic) bond motifs is 11. The van der Waals surface area contributed by atoms with E-state index in [1.165, 1.54) is 91.3 Å². The summed E-state index contributed by atoms with van der Waals surface area (Å²) in [5.74, 6) is 0. The second-order valence-corrected chi connectivity index (χ2v) is 14.2. The molecule has 0 aliphatic rings. The zero-order chi connectivity index (χ0) is 32.8. The quantitative estimate of drug-likeness (QED) is 0.173. The second-order valence-electron chi connectivity index (χ2n) is 13.2. The smallest absolute Gasteiger partial charge is 0.143 e. The number of rotatable bonds is 3. The molecule has 0 saturated heterocycles. The van der Waals surface area contributed by atoms with Gasteiger partial charge in [-0.3, -0.25) is 0 Å².